The summed E-state index contributed by atoms with van der Waals surface area (Å²) in [6, 6.07) is 5.34. The molecule has 0 fully saturated rings. The standard InChI is InChI=1S/C14H23NO3/c1-3-8-18-9-4-7-15-11-12-5-6-13(17-2)10-14(12)16/h5-6,10,15-16H,3-4,7-9,11H2,1-2H3. The molecule has 0 bridgehead atoms. The van der Waals surface area contributed by atoms with Crippen LogP contribution in [0.5, 0.6) is 11.5 Å². The number of benzene rings is 1. The molecule has 102 valence electrons. The maximum absolute atomic E-state index is 9.75. The molecule has 0 aliphatic carbocycles. The average Bonchev–Trinajstić information content (AvgIpc) is 2.39. The fourth-order valence-electron chi connectivity index (χ4n) is 1.59. The van der Waals surface area contributed by atoms with Gasteiger partial charge in [-0.15, -0.1) is 0 Å². The molecule has 0 unspecified atom stereocenters. The van der Waals surface area contributed by atoms with Crippen LogP contribution in [0.1, 0.15) is 25.3 Å². The minimum absolute atomic E-state index is 0.268. The lowest BCUT2D eigenvalue weighted by Gasteiger charge is -2.08. The number of hydrogen-bond acceptors (Lipinski definition) is 4. The highest BCUT2D eigenvalue weighted by molar-refractivity contribution is 5.39. The van der Waals surface area contributed by atoms with Crippen LogP contribution in [0.25, 0.3) is 0 Å². The van der Waals surface area contributed by atoms with Crippen molar-refractivity contribution in [2.45, 2.75) is 26.3 Å². The van der Waals surface area contributed by atoms with Crippen molar-refractivity contribution < 1.29 is 14.6 Å². The zero-order chi connectivity index (χ0) is 13.2. The lowest BCUT2D eigenvalue weighted by Crippen LogP contribution is -2.16. The van der Waals surface area contributed by atoms with Gasteiger partial charge in [0.1, 0.15) is 11.5 Å². The lowest BCUT2D eigenvalue weighted by molar-refractivity contribution is 0.132. The molecule has 1 rings (SSSR count). The van der Waals surface area contributed by atoms with Crippen molar-refractivity contribution in [2.75, 3.05) is 26.9 Å². The summed E-state index contributed by atoms with van der Waals surface area (Å²) in [5.74, 6) is 0.938. The second-order valence-electron chi connectivity index (χ2n) is 4.14. The van der Waals surface area contributed by atoms with Gasteiger partial charge in [0, 0.05) is 31.4 Å². The molecule has 0 atom stereocenters. The van der Waals surface area contributed by atoms with E-state index in [1.54, 1.807) is 13.2 Å². The summed E-state index contributed by atoms with van der Waals surface area (Å²) in [5.41, 5.74) is 0.880. The molecule has 4 heteroatoms. The number of methoxy groups -OCH3 is 1. The molecule has 0 saturated carbocycles. The largest absolute Gasteiger partial charge is 0.507 e. The van der Waals surface area contributed by atoms with E-state index in [1.807, 2.05) is 12.1 Å². The number of phenolic OH excluding ortho intramolecular Hbond substituents is 1. The molecule has 0 aliphatic rings. The van der Waals surface area contributed by atoms with E-state index >= 15 is 0 Å². The van der Waals surface area contributed by atoms with E-state index in [1.165, 1.54) is 0 Å². The molecule has 0 aliphatic heterocycles. The molecule has 2 N–H and O–H groups in total. The fourth-order valence-corrected chi connectivity index (χ4v) is 1.59. The molecular formula is C14H23NO3. The van der Waals surface area contributed by atoms with Crippen molar-refractivity contribution in [3.05, 3.63) is 23.8 Å². The maximum Gasteiger partial charge on any atom is 0.123 e. The van der Waals surface area contributed by atoms with E-state index in [9.17, 15) is 5.11 Å². The third-order valence-corrected chi connectivity index (χ3v) is 2.60. The summed E-state index contributed by atoms with van der Waals surface area (Å²) in [6.45, 7) is 5.26. The van der Waals surface area contributed by atoms with Crippen molar-refractivity contribution in [3.8, 4) is 11.5 Å². The minimum atomic E-state index is 0.268. The van der Waals surface area contributed by atoms with Gasteiger partial charge >= 0.3 is 0 Å². The molecule has 0 saturated heterocycles. The van der Waals surface area contributed by atoms with Gasteiger partial charge in [0.05, 0.1) is 7.11 Å². The summed E-state index contributed by atoms with van der Waals surface area (Å²) in [5, 5.41) is 13.0. The van der Waals surface area contributed by atoms with Gasteiger partial charge in [0.25, 0.3) is 0 Å². The van der Waals surface area contributed by atoms with Crippen LogP contribution in [0.2, 0.25) is 0 Å². The van der Waals surface area contributed by atoms with E-state index < -0.39 is 0 Å². The van der Waals surface area contributed by atoms with Crippen LogP contribution in [0.3, 0.4) is 0 Å². The Labute approximate surface area is 109 Å². The summed E-state index contributed by atoms with van der Waals surface area (Å²) >= 11 is 0. The highest BCUT2D eigenvalue weighted by Gasteiger charge is 2.02. The van der Waals surface area contributed by atoms with Crippen molar-refractivity contribution in [1.82, 2.24) is 5.32 Å². The monoisotopic (exact) mass is 253 g/mol. The van der Waals surface area contributed by atoms with Gasteiger partial charge in [0.2, 0.25) is 0 Å². The average molecular weight is 253 g/mol. The number of aromatic hydroxyl groups is 1. The van der Waals surface area contributed by atoms with Crippen molar-refractivity contribution in [1.29, 1.82) is 0 Å². The van der Waals surface area contributed by atoms with Gasteiger partial charge in [-0.05, 0) is 25.5 Å². The zero-order valence-corrected chi connectivity index (χ0v) is 11.2. The van der Waals surface area contributed by atoms with Crippen LogP contribution >= 0.6 is 0 Å². The summed E-state index contributed by atoms with van der Waals surface area (Å²) in [6.07, 6.45) is 2.05. The van der Waals surface area contributed by atoms with Crippen LogP contribution in [-0.4, -0.2) is 32.0 Å². The number of hydrogen-bond donors (Lipinski definition) is 2. The highest BCUT2D eigenvalue weighted by atomic mass is 16.5. The van der Waals surface area contributed by atoms with E-state index in [0.717, 1.165) is 38.2 Å². The third kappa shape index (κ3) is 5.38. The van der Waals surface area contributed by atoms with E-state index in [-0.39, 0.29) is 5.75 Å². The normalized spacial score (nSPS) is 10.6. The van der Waals surface area contributed by atoms with Gasteiger partial charge in [-0.25, -0.2) is 0 Å². The Morgan fingerprint density at radius 3 is 2.78 bits per heavy atom. The van der Waals surface area contributed by atoms with E-state index in [2.05, 4.69) is 12.2 Å². The first-order valence-corrected chi connectivity index (χ1v) is 6.42. The molecule has 0 amide bonds. The molecule has 18 heavy (non-hydrogen) atoms. The van der Waals surface area contributed by atoms with Crippen LogP contribution in [-0.2, 0) is 11.3 Å². The quantitative estimate of drug-likeness (QED) is 0.663. The first kappa shape index (κ1) is 14.8. The molecule has 0 radical (unpaired) electrons. The van der Waals surface area contributed by atoms with Crippen molar-refractivity contribution >= 4 is 0 Å². The number of rotatable bonds is 9. The first-order valence-electron chi connectivity index (χ1n) is 6.42. The fraction of sp³-hybridized carbons (Fsp3) is 0.571. The summed E-state index contributed by atoms with van der Waals surface area (Å²) in [4.78, 5) is 0. The molecule has 0 spiro atoms. The molecule has 1 aromatic rings. The van der Waals surface area contributed by atoms with E-state index in [0.29, 0.717) is 12.3 Å². The second kappa shape index (κ2) is 8.78. The number of ether oxygens (including phenoxy) is 2. The highest BCUT2D eigenvalue weighted by Crippen LogP contribution is 2.22. The minimum Gasteiger partial charge on any atom is -0.507 e. The van der Waals surface area contributed by atoms with E-state index in [4.69, 9.17) is 9.47 Å². The Balaban J connectivity index is 2.19. The van der Waals surface area contributed by atoms with Crippen LogP contribution < -0.4 is 10.1 Å². The van der Waals surface area contributed by atoms with Gasteiger partial charge in [-0.2, -0.15) is 0 Å². The number of phenols is 1. The van der Waals surface area contributed by atoms with Crippen molar-refractivity contribution in [2.24, 2.45) is 0 Å². The summed E-state index contributed by atoms with van der Waals surface area (Å²) < 4.78 is 10.4. The SMILES string of the molecule is CCCOCCCNCc1ccc(OC)cc1O. The van der Waals surface area contributed by atoms with Gasteiger partial charge in [0.15, 0.2) is 0 Å². The zero-order valence-electron chi connectivity index (χ0n) is 11.2. The molecule has 1 aromatic carbocycles. The Morgan fingerprint density at radius 1 is 1.28 bits per heavy atom. The van der Waals surface area contributed by atoms with Gasteiger partial charge in [-0.3, -0.25) is 0 Å². The molecule has 4 nitrogen and oxygen atoms in total. The van der Waals surface area contributed by atoms with Crippen LogP contribution in [0, 0.1) is 0 Å². The first-order chi connectivity index (χ1) is 8.77. The predicted octanol–water partition coefficient (Wildman–Crippen LogP) is 2.31. The third-order valence-electron chi connectivity index (χ3n) is 2.60. The Hall–Kier alpha value is -1.26. The van der Waals surface area contributed by atoms with Gasteiger partial charge < -0.3 is 19.9 Å². The van der Waals surface area contributed by atoms with Gasteiger partial charge in [-0.1, -0.05) is 13.0 Å². The maximum atomic E-state index is 9.75. The summed E-state index contributed by atoms with van der Waals surface area (Å²) in [7, 11) is 1.59. The second-order valence-corrected chi connectivity index (χ2v) is 4.14. The molecule has 0 heterocycles. The Kier molecular flexibility index (Phi) is 7.22. The predicted molar refractivity (Wildman–Crippen MR) is 72.1 cm³/mol. The Bertz CT molecular complexity index is 342. The Morgan fingerprint density at radius 2 is 2.11 bits per heavy atom. The van der Waals surface area contributed by atoms with Crippen molar-refractivity contribution in [3.63, 3.8) is 0 Å². The smallest absolute Gasteiger partial charge is 0.123 e. The lowest BCUT2D eigenvalue weighted by atomic mass is 10.2. The molecular weight excluding hydrogens is 230 g/mol. The van der Waals surface area contributed by atoms with Crippen LogP contribution in [0.4, 0.5) is 0 Å². The molecule has 0 aromatic heterocycles. The van der Waals surface area contributed by atoms with Crippen LogP contribution in [0.15, 0.2) is 18.2 Å². The topological polar surface area (TPSA) is 50.7 Å². The number of nitrogens with one attached hydrogen (secondary N) is 1.